The molecule has 106 valence electrons. The van der Waals surface area contributed by atoms with E-state index in [0.29, 0.717) is 29.7 Å². The summed E-state index contributed by atoms with van der Waals surface area (Å²) in [7, 11) is 0. The third-order valence-electron chi connectivity index (χ3n) is 3.50. The number of halogens is 2. The third kappa shape index (κ3) is 2.69. The van der Waals surface area contributed by atoms with E-state index in [1.54, 1.807) is 12.1 Å². The summed E-state index contributed by atoms with van der Waals surface area (Å²) in [4.78, 5) is 0. The summed E-state index contributed by atoms with van der Waals surface area (Å²) in [6.07, 6.45) is 2.37. The van der Waals surface area contributed by atoms with Gasteiger partial charge in [0.05, 0.1) is 6.54 Å². The highest BCUT2D eigenvalue weighted by Gasteiger charge is 2.27. The van der Waals surface area contributed by atoms with Crippen LogP contribution in [-0.4, -0.2) is 14.8 Å². The second kappa shape index (κ2) is 5.50. The van der Waals surface area contributed by atoms with Crippen molar-refractivity contribution in [3.05, 3.63) is 46.3 Å². The molecule has 0 bridgehead atoms. The van der Waals surface area contributed by atoms with E-state index in [0.717, 1.165) is 11.6 Å². The van der Waals surface area contributed by atoms with E-state index in [1.807, 2.05) is 6.92 Å². The number of nitrogens with one attached hydrogen (secondary N) is 1. The first kappa shape index (κ1) is 13.5. The van der Waals surface area contributed by atoms with Gasteiger partial charge in [0, 0.05) is 23.2 Å². The van der Waals surface area contributed by atoms with Gasteiger partial charge in [0.25, 0.3) is 0 Å². The number of benzene rings is 1. The standard InChI is InChI=1S/C14H16ClFN4/c1-9-18-19-14(20(9)10-5-6-10)8-17-7-11-12(15)3-2-4-13(11)16/h2-4,10,17H,5-8H2,1H3. The molecule has 1 saturated carbocycles. The second-order valence-electron chi connectivity index (χ2n) is 5.07. The van der Waals surface area contributed by atoms with Gasteiger partial charge in [-0.25, -0.2) is 4.39 Å². The molecule has 0 spiro atoms. The van der Waals surface area contributed by atoms with Crippen LogP contribution in [0.3, 0.4) is 0 Å². The summed E-state index contributed by atoms with van der Waals surface area (Å²) in [5, 5.41) is 11.9. The Morgan fingerprint density at radius 3 is 2.85 bits per heavy atom. The van der Waals surface area contributed by atoms with Gasteiger partial charge < -0.3 is 9.88 Å². The van der Waals surface area contributed by atoms with Crippen molar-refractivity contribution in [2.75, 3.05) is 0 Å². The van der Waals surface area contributed by atoms with Gasteiger partial charge in [0.1, 0.15) is 17.5 Å². The summed E-state index contributed by atoms with van der Waals surface area (Å²) in [5.41, 5.74) is 0.489. The molecule has 2 aromatic rings. The highest BCUT2D eigenvalue weighted by molar-refractivity contribution is 6.31. The minimum atomic E-state index is -0.287. The molecule has 0 aliphatic heterocycles. The summed E-state index contributed by atoms with van der Waals surface area (Å²) >= 11 is 5.99. The predicted molar refractivity (Wildman–Crippen MR) is 75.0 cm³/mol. The number of hydrogen-bond donors (Lipinski definition) is 1. The van der Waals surface area contributed by atoms with Crippen molar-refractivity contribution in [2.45, 2.75) is 38.9 Å². The van der Waals surface area contributed by atoms with Crippen molar-refractivity contribution in [3.8, 4) is 0 Å². The SMILES string of the molecule is Cc1nnc(CNCc2c(F)cccc2Cl)n1C1CC1. The van der Waals surface area contributed by atoms with Crippen molar-refractivity contribution in [3.63, 3.8) is 0 Å². The number of aromatic nitrogens is 3. The molecular weight excluding hydrogens is 279 g/mol. The summed E-state index contributed by atoms with van der Waals surface area (Å²) < 4.78 is 15.8. The van der Waals surface area contributed by atoms with Gasteiger partial charge in [0.15, 0.2) is 0 Å². The minimum Gasteiger partial charge on any atom is -0.311 e. The Morgan fingerprint density at radius 1 is 1.35 bits per heavy atom. The fraction of sp³-hybridized carbons (Fsp3) is 0.429. The minimum absolute atomic E-state index is 0.287. The smallest absolute Gasteiger partial charge is 0.147 e. The van der Waals surface area contributed by atoms with E-state index in [4.69, 9.17) is 11.6 Å². The molecule has 1 N–H and O–H groups in total. The molecule has 0 unspecified atom stereocenters. The predicted octanol–water partition coefficient (Wildman–Crippen LogP) is 3.00. The molecule has 1 aromatic heterocycles. The highest BCUT2D eigenvalue weighted by atomic mass is 35.5. The van der Waals surface area contributed by atoms with Gasteiger partial charge in [-0.05, 0) is 31.9 Å². The third-order valence-corrected chi connectivity index (χ3v) is 3.85. The van der Waals surface area contributed by atoms with Crippen molar-refractivity contribution in [1.82, 2.24) is 20.1 Å². The summed E-state index contributed by atoms with van der Waals surface area (Å²) in [6.45, 7) is 2.90. The van der Waals surface area contributed by atoms with Crippen LogP contribution in [0, 0.1) is 12.7 Å². The van der Waals surface area contributed by atoms with E-state index in [1.165, 1.54) is 18.9 Å². The molecule has 1 heterocycles. The van der Waals surface area contributed by atoms with Gasteiger partial charge in [-0.1, -0.05) is 17.7 Å². The van der Waals surface area contributed by atoms with Crippen molar-refractivity contribution < 1.29 is 4.39 Å². The lowest BCUT2D eigenvalue weighted by Crippen LogP contribution is -2.17. The first-order valence-electron chi connectivity index (χ1n) is 6.71. The molecule has 1 fully saturated rings. The maximum absolute atomic E-state index is 13.6. The molecule has 0 amide bonds. The van der Waals surface area contributed by atoms with Crippen LogP contribution in [0.4, 0.5) is 4.39 Å². The van der Waals surface area contributed by atoms with Crippen molar-refractivity contribution >= 4 is 11.6 Å². The van der Waals surface area contributed by atoms with Crippen LogP contribution in [0.1, 0.15) is 36.1 Å². The summed E-state index contributed by atoms with van der Waals surface area (Å²) in [5.74, 6) is 1.55. The van der Waals surface area contributed by atoms with Crippen LogP contribution >= 0.6 is 11.6 Å². The topological polar surface area (TPSA) is 42.7 Å². The van der Waals surface area contributed by atoms with E-state index >= 15 is 0 Å². The maximum Gasteiger partial charge on any atom is 0.147 e. The molecule has 4 nitrogen and oxygen atoms in total. The highest BCUT2D eigenvalue weighted by Crippen LogP contribution is 2.36. The van der Waals surface area contributed by atoms with Crippen LogP contribution in [-0.2, 0) is 13.1 Å². The zero-order valence-electron chi connectivity index (χ0n) is 11.2. The van der Waals surface area contributed by atoms with Crippen LogP contribution in [0.25, 0.3) is 0 Å². The van der Waals surface area contributed by atoms with Gasteiger partial charge in [-0.3, -0.25) is 0 Å². The lowest BCUT2D eigenvalue weighted by atomic mass is 10.2. The monoisotopic (exact) mass is 294 g/mol. The Morgan fingerprint density at radius 2 is 2.15 bits per heavy atom. The zero-order chi connectivity index (χ0) is 14.1. The quantitative estimate of drug-likeness (QED) is 0.922. The molecule has 1 aliphatic carbocycles. The lowest BCUT2D eigenvalue weighted by Gasteiger charge is -2.09. The number of nitrogens with zero attached hydrogens (tertiary/aromatic N) is 3. The molecule has 20 heavy (non-hydrogen) atoms. The summed E-state index contributed by atoms with van der Waals surface area (Å²) in [6, 6.07) is 5.26. The van der Waals surface area contributed by atoms with Gasteiger partial charge in [-0.15, -0.1) is 10.2 Å². The van der Waals surface area contributed by atoms with Crippen LogP contribution in [0.15, 0.2) is 18.2 Å². The maximum atomic E-state index is 13.6. The average molecular weight is 295 g/mol. The Kier molecular flexibility index (Phi) is 3.72. The van der Waals surface area contributed by atoms with E-state index < -0.39 is 0 Å². The first-order chi connectivity index (χ1) is 9.66. The second-order valence-corrected chi connectivity index (χ2v) is 5.48. The average Bonchev–Trinajstić information content (AvgIpc) is 3.18. The first-order valence-corrected chi connectivity index (χ1v) is 7.08. The molecule has 1 aliphatic rings. The van der Waals surface area contributed by atoms with Crippen molar-refractivity contribution in [2.24, 2.45) is 0 Å². The Labute approximate surface area is 122 Å². The molecule has 1 aromatic carbocycles. The lowest BCUT2D eigenvalue weighted by molar-refractivity contribution is 0.567. The normalized spacial score (nSPS) is 14.8. The molecule has 0 radical (unpaired) electrons. The van der Waals surface area contributed by atoms with Crippen LogP contribution in [0.5, 0.6) is 0 Å². The Bertz CT molecular complexity index is 601. The zero-order valence-corrected chi connectivity index (χ0v) is 12.0. The van der Waals surface area contributed by atoms with E-state index in [9.17, 15) is 4.39 Å². The molecule has 0 atom stereocenters. The van der Waals surface area contributed by atoms with Gasteiger partial charge >= 0.3 is 0 Å². The fourth-order valence-electron chi connectivity index (χ4n) is 2.34. The fourth-order valence-corrected chi connectivity index (χ4v) is 2.57. The van der Waals surface area contributed by atoms with Crippen molar-refractivity contribution in [1.29, 1.82) is 0 Å². The molecule has 0 saturated heterocycles. The number of hydrogen-bond acceptors (Lipinski definition) is 3. The Hall–Kier alpha value is -1.46. The van der Waals surface area contributed by atoms with Gasteiger partial charge in [-0.2, -0.15) is 0 Å². The largest absolute Gasteiger partial charge is 0.311 e. The number of aryl methyl sites for hydroxylation is 1. The molecule has 6 heteroatoms. The number of rotatable bonds is 5. The van der Waals surface area contributed by atoms with E-state index in [2.05, 4.69) is 20.1 Å². The Balaban J connectivity index is 1.66. The molecule has 3 rings (SSSR count). The van der Waals surface area contributed by atoms with Crippen LogP contribution < -0.4 is 5.32 Å². The van der Waals surface area contributed by atoms with Gasteiger partial charge in [0.2, 0.25) is 0 Å². The van der Waals surface area contributed by atoms with Crippen LogP contribution in [0.2, 0.25) is 5.02 Å². The van der Waals surface area contributed by atoms with E-state index in [-0.39, 0.29) is 5.82 Å². The molecular formula is C14H16ClFN4.